The molecule has 34 heavy (non-hydrogen) atoms. The zero-order chi connectivity index (χ0) is 25.2. The quantitative estimate of drug-likeness (QED) is 0.627. The van der Waals surface area contributed by atoms with Gasteiger partial charge < -0.3 is 15.2 Å². The van der Waals surface area contributed by atoms with Gasteiger partial charge in [-0.15, -0.1) is 0 Å². The number of hydrogen-bond acceptors (Lipinski definition) is 4. The molecule has 2 unspecified atom stereocenters. The first-order valence-electron chi connectivity index (χ1n) is 12.4. The molecular weight excluding hydrogens is 431 g/mol. The van der Waals surface area contributed by atoms with Gasteiger partial charge in [-0.1, -0.05) is 6.92 Å². The molecule has 0 spiro atoms. The summed E-state index contributed by atoms with van der Waals surface area (Å²) in [5.74, 6) is -0.808. The third kappa shape index (κ3) is 5.35. The highest BCUT2D eigenvalue weighted by atomic mass is 19.1. The third-order valence-electron chi connectivity index (χ3n) is 7.32. The molecule has 1 saturated heterocycles. The summed E-state index contributed by atoms with van der Waals surface area (Å²) >= 11 is 0. The lowest BCUT2D eigenvalue weighted by atomic mass is 9.90. The Morgan fingerprint density at radius 1 is 1.15 bits per heavy atom. The Morgan fingerprint density at radius 2 is 1.79 bits per heavy atom. The van der Waals surface area contributed by atoms with Crippen LogP contribution >= 0.6 is 0 Å². The second kappa shape index (κ2) is 10.7. The third-order valence-corrected chi connectivity index (χ3v) is 7.32. The highest BCUT2D eigenvalue weighted by Gasteiger charge is 2.33. The smallest absolute Gasteiger partial charge is 0.253 e. The number of piperidine rings is 1. The summed E-state index contributed by atoms with van der Waals surface area (Å²) in [5, 5.41) is 2.82. The van der Waals surface area contributed by atoms with E-state index in [1.54, 1.807) is 6.07 Å². The van der Waals surface area contributed by atoms with Gasteiger partial charge in [0, 0.05) is 53.7 Å². The summed E-state index contributed by atoms with van der Waals surface area (Å²) in [4.78, 5) is 32.9. The number of H-pyrrole nitrogens is 1. The maximum Gasteiger partial charge on any atom is 0.253 e. The van der Waals surface area contributed by atoms with E-state index in [1.165, 1.54) is 6.07 Å². The molecule has 0 radical (unpaired) electrons. The van der Waals surface area contributed by atoms with Crippen LogP contribution in [-0.4, -0.2) is 47.0 Å². The van der Waals surface area contributed by atoms with E-state index < -0.39 is 5.82 Å². The maximum atomic E-state index is 14.8. The van der Waals surface area contributed by atoms with Crippen LogP contribution in [0, 0.1) is 26.6 Å². The van der Waals surface area contributed by atoms with Crippen LogP contribution in [0.2, 0.25) is 0 Å². The lowest BCUT2D eigenvalue weighted by Crippen LogP contribution is -2.53. The fourth-order valence-electron chi connectivity index (χ4n) is 5.66. The Bertz CT molecular complexity index is 1080. The lowest BCUT2D eigenvalue weighted by Gasteiger charge is -2.46. The van der Waals surface area contributed by atoms with Crippen molar-refractivity contribution in [3.8, 4) is 0 Å². The SMILES string of the molecule is CCN(c1cc(F)cc(C(=O)NCc2c(C)cc(C)[nH]c2=O)c1C)C1CC(C)N(CC)C(C)C1. The molecule has 2 heterocycles. The van der Waals surface area contributed by atoms with E-state index in [2.05, 4.69) is 47.8 Å². The Balaban J connectivity index is 1.86. The molecule has 1 aliphatic rings. The van der Waals surface area contributed by atoms with Crippen molar-refractivity contribution in [1.29, 1.82) is 0 Å². The van der Waals surface area contributed by atoms with Gasteiger partial charge in [-0.2, -0.15) is 0 Å². The number of anilines is 1. The van der Waals surface area contributed by atoms with Gasteiger partial charge in [0.25, 0.3) is 11.5 Å². The summed E-state index contributed by atoms with van der Waals surface area (Å²) < 4.78 is 14.8. The van der Waals surface area contributed by atoms with Gasteiger partial charge in [0.05, 0.1) is 0 Å². The summed E-state index contributed by atoms with van der Waals surface area (Å²) in [6.45, 7) is 16.2. The molecule has 1 aromatic heterocycles. The number of nitrogens with zero attached hydrogens (tertiary/aromatic N) is 2. The van der Waals surface area contributed by atoms with E-state index in [4.69, 9.17) is 0 Å². The molecule has 1 fully saturated rings. The number of carbonyl (C=O) groups is 1. The van der Waals surface area contributed by atoms with E-state index in [9.17, 15) is 14.0 Å². The average Bonchev–Trinajstić information content (AvgIpc) is 2.75. The fourth-order valence-corrected chi connectivity index (χ4v) is 5.66. The number of amides is 1. The molecule has 6 nitrogen and oxygen atoms in total. The molecule has 2 N–H and O–H groups in total. The number of halogens is 1. The van der Waals surface area contributed by atoms with Gasteiger partial charge in [0.2, 0.25) is 0 Å². The van der Waals surface area contributed by atoms with Crippen molar-refractivity contribution in [3.63, 3.8) is 0 Å². The molecule has 0 bridgehead atoms. The first-order chi connectivity index (χ1) is 16.1. The van der Waals surface area contributed by atoms with E-state index in [-0.39, 0.29) is 24.1 Å². The van der Waals surface area contributed by atoms with Crippen LogP contribution in [0.15, 0.2) is 23.0 Å². The topological polar surface area (TPSA) is 68.4 Å². The minimum atomic E-state index is -0.430. The van der Waals surface area contributed by atoms with Crippen LogP contribution in [-0.2, 0) is 6.54 Å². The number of carbonyl (C=O) groups excluding carboxylic acids is 1. The highest BCUT2D eigenvalue weighted by molar-refractivity contribution is 5.97. The second-order valence-electron chi connectivity index (χ2n) is 9.66. The monoisotopic (exact) mass is 470 g/mol. The fraction of sp³-hybridized carbons (Fsp3) is 0.556. The van der Waals surface area contributed by atoms with Crippen molar-refractivity contribution < 1.29 is 9.18 Å². The van der Waals surface area contributed by atoms with Crippen LogP contribution in [0.4, 0.5) is 10.1 Å². The van der Waals surface area contributed by atoms with Crippen molar-refractivity contribution in [2.45, 2.75) is 86.0 Å². The standard InChI is InChI=1S/C27H39FN4O2/c1-8-31-18(5)11-22(12-19(31)6)32(9-2)25-14-21(28)13-23(20(25)7)26(33)29-15-24-16(3)10-17(4)30-27(24)34/h10,13-14,18-19,22H,8-9,11-12,15H2,1-7H3,(H,29,33)(H,30,34). The van der Waals surface area contributed by atoms with Crippen molar-refractivity contribution in [3.05, 3.63) is 62.3 Å². The largest absolute Gasteiger partial charge is 0.368 e. The summed E-state index contributed by atoms with van der Waals surface area (Å²) in [6.07, 6.45) is 2.00. The number of likely N-dealkylation sites (tertiary alicyclic amines) is 1. The van der Waals surface area contributed by atoms with Crippen molar-refractivity contribution in [2.75, 3.05) is 18.0 Å². The van der Waals surface area contributed by atoms with Gasteiger partial charge in [-0.3, -0.25) is 14.5 Å². The van der Waals surface area contributed by atoms with Crippen LogP contribution in [0.5, 0.6) is 0 Å². The molecule has 7 heteroatoms. The predicted molar refractivity (Wildman–Crippen MR) is 136 cm³/mol. The van der Waals surface area contributed by atoms with E-state index in [0.717, 1.165) is 48.4 Å². The lowest BCUT2D eigenvalue weighted by molar-refractivity contribution is 0.0946. The molecule has 3 rings (SSSR count). The Hall–Kier alpha value is -2.67. The van der Waals surface area contributed by atoms with Gasteiger partial charge >= 0.3 is 0 Å². The number of nitrogens with one attached hydrogen (secondary N) is 2. The minimum absolute atomic E-state index is 0.0908. The summed E-state index contributed by atoms with van der Waals surface area (Å²) in [6, 6.07) is 5.88. The number of aromatic nitrogens is 1. The normalized spacial score (nSPS) is 20.9. The number of hydrogen-bond donors (Lipinski definition) is 2. The van der Waals surface area contributed by atoms with Crippen molar-refractivity contribution >= 4 is 11.6 Å². The van der Waals surface area contributed by atoms with E-state index in [1.807, 2.05) is 26.8 Å². The Kier molecular flexibility index (Phi) is 8.18. The van der Waals surface area contributed by atoms with Crippen molar-refractivity contribution in [1.82, 2.24) is 15.2 Å². The van der Waals surface area contributed by atoms with Crippen LogP contribution < -0.4 is 15.8 Å². The van der Waals surface area contributed by atoms with Gasteiger partial charge in [-0.25, -0.2) is 4.39 Å². The van der Waals surface area contributed by atoms with E-state index in [0.29, 0.717) is 23.2 Å². The first kappa shape index (κ1) is 25.9. The molecule has 2 atom stereocenters. The predicted octanol–water partition coefficient (Wildman–Crippen LogP) is 4.46. The minimum Gasteiger partial charge on any atom is -0.368 e. The summed E-state index contributed by atoms with van der Waals surface area (Å²) in [5.41, 5.74) is 3.72. The first-order valence-corrected chi connectivity index (χ1v) is 12.4. The molecule has 1 aliphatic heterocycles. The zero-order valence-corrected chi connectivity index (χ0v) is 21.6. The molecule has 186 valence electrons. The number of aryl methyl sites for hydroxylation is 2. The van der Waals surface area contributed by atoms with Gasteiger partial charge in [0.15, 0.2) is 0 Å². The molecule has 0 saturated carbocycles. The highest BCUT2D eigenvalue weighted by Crippen LogP contribution is 2.33. The zero-order valence-electron chi connectivity index (χ0n) is 21.6. The summed E-state index contributed by atoms with van der Waals surface area (Å²) in [7, 11) is 0. The van der Waals surface area contributed by atoms with Crippen molar-refractivity contribution in [2.24, 2.45) is 0 Å². The molecule has 1 amide bonds. The number of pyridine rings is 1. The average molecular weight is 471 g/mol. The van der Waals surface area contributed by atoms with Crippen LogP contribution in [0.3, 0.4) is 0 Å². The number of rotatable bonds is 7. The van der Waals surface area contributed by atoms with E-state index >= 15 is 0 Å². The van der Waals surface area contributed by atoms with Gasteiger partial charge in [-0.05, 0) is 90.3 Å². The molecule has 1 aromatic carbocycles. The Labute approximate surface area is 202 Å². The molecular formula is C27H39FN4O2. The number of benzene rings is 1. The van der Waals surface area contributed by atoms with Crippen LogP contribution in [0.1, 0.15) is 73.3 Å². The van der Waals surface area contributed by atoms with Gasteiger partial charge in [0.1, 0.15) is 5.82 Å². The Morgan fingerprint density at radius 3 is 2.35 bits per heavy atom. The maximum absolute atomic E-state index is 14.8. The molecule has 2 aromatic rings. The second-order valence-corrected chi connectivity index (χ2v) is 9.66. The number of aromatic amines is 1. The van der Waals surface area contributed by atoms with Crippen LogP contribution in [0.25, 0.3) is 0 Å². The molecule has 0 aliphatic carbocycles.